The van der Waals surface area contributed by atoms with E-state index in [0.717, 1.165) is 5.56 Å². The van der Waals surface area contributed by atoms with Crippen LogP contribution in [0.4, 0.5) is 13.2 Å². The lowest BCUT2D eigenvalue weighted by atomic mass is 9.79. The van der Waals surface area contributed by atoms with Crippen molar-refractivity contribution in [3.63, 3.8) is 0 Å². The van der Waals surface area contributed by atoms with Crippen LogP contribution in [-0.4, -0.2) is 17.4 Å². The Kier molecular flexibility index (Phi) is 4.58. The molecule has 104 valence electrons. The molecule has 1 aromatic carbocycles. The molecule has 4 heteroatoms. The highest BCUT2D eigenvalue weighted by molar-refractivity contribution is 5.49. The summed E-state index contributed by atoms with van der Waals surface area (Å²) >= 11 is 0. The highest BCUT2D eigenvalue weighted by Crippen LogP contribution is 2.40. The highest BCUT2D eigenvalue weighted by Gasteiger charge is 2.44. The van der Waals surface area contributed by atoms with Crippen molar-refractivity contribution in [1.29, 1.82) is 0 Å². The molecular weight excluding hydrogens is 253 g/mol. The maximum Gasteiger partial charge on any atom is 0.412 e. The first-order valence-corrected chi connectivity index (χ1v) is 5.83. The van der Waals surface area contributed by atoms with Gasteiger partial charge in [-0.05, 0) is 5.56 Å². The Morgan fingerprint density at radius 1 is 1.21 bits per heavy atom. The third-order valence-electron chi connectivity index (χ3n) is 3.13. The summed E-state index contributed by atoms with van der Waals surface area (Å²) in [7, 11) is 0. The van der Waals surface area contributed by atoms with Crippen LogP contribution in [0.25, 0.3) is 6.08 Å². The van der Waals surface area contributed by atoms with E-state index in [2.05, 4.69) is 6.58 Å². The van der Waals surface area contributed by atoms with Crippen LogP contribution >= 0.6 is 0 Å². The van der Waals surface area contributed by atoms with Gasteiger partial charge in [-0.3, -0.25) is 0 Å². The van der Waals surface area contributed by atoms with Gasteiger partial charge in [-0.25, -0.2) is 0 Å². The topological polar surface area (TPSA) is 20.2 Å². The average molecular weight is 270 g/mol. The van der Waals surface area contributed by atoms with E-state index in [0.29, 0.717) is 0 Å². The minimum absolute atomic E-state index is 0.815. The van der Waals surface area contributed by atoms with Crippen molar-refractivity contribution in [1.82, 2.24) is 0 Å². The molecule has 0 saturated carbocycles. The average Bonchev–Trinajstić information content (AvgIpc) is 2.35. The molecule has 1 nitrogen and oxygen atoms in total. The second-order valence-electron chi connectivity index (χ2n) is 4.91. The summed E-state index contributed by atoms with van der Waals surface area (Å²) in [5.41, 5.74) is -1.59. The van der Waals surface area contributed by atoms with Crippen molar-refractivity contribution < 1.29 is 18.3 Å². The first-order chi connectivity index (χ1) is 8.65. The third-order valence-corrected chi connectivity index (χ3v) is 3.13. The fourth-order valence-electron chi connectivity index (χ4n) is 1.55. The maximum atomic E-state index is 12.6. The lowest BCUT2D eigenvalue weighted by Crippen LogP contribution is -2.35. The zero-order valence-corrected chi connectivity index (χ0v) is 10.9. The molecule has 1 unspecified atom stereocenters. The van der Waals surface area contributed by atoms with E-state index in [4.69, 9.17) is 0 Å². The molecule has 0 saturated heterocycles. The van der Waals surface area contributed by atoms with Crippen molar-refractivity contribution in [2.45, 2.75) is 26.1 Å². The van der Waals surface area contributed by atoms with Gasteiger partial charge in [0.15, 0.2) is 0 Å². The van der Waals surface area contributed by atoms with Crippen LogP contribution in [-0.2, 0) is 0 Å². The lowest BCUT2D eigenvalue weighted by Gasteiger charge is -2.32. The number of alkyl halides is 3. The molecule has 0 aromatic heterocycles. The third kappa shape index (κ3) is 3.96. The van der Waals surface area contributed by atoms with Gasteiger partial charge in [-0.2, -0.15) is 13.2 Å². The smallest absolute Gasteiger partial charge is 0.388 e. The first kappa shape index (κ1) is 15.5. The number of benzene rings is 1. The molecule has 0 amide bonds. The summed E-state index contributed by atoms with van der Waals surface area (Å²) in [5, 5.41) is 9.92. The minimum atomic E-state index is -4.51. The molecule has 1 atom stereocenters. The van der Waals surface area contributed by atoms with Crippen LogP contribution < -0.4 is 0 Å². The van der Waals surface area contributed by atoms with Gasteiger partial charge in [0, 0.05) is 11.0 Å². The van der Waals surface area contributed by atoms with Crippen LogP contribution in [0.2, 0.25) is 0 Å². The van der Waals surface area contributed by atoms with E-state index in [1.807, 2.05) is 18.2 Å². The van der Waals surface area contributed by atoms with Gasteiger partial charge in [-0.15, -0.1) is 0 Å². The van der Waals surface area contributed by atoms with Crippen LogP contribution in [0.15, 0.2) is 48.6 Å². The Balaban J connectivity index is 2.85. The fourth-order valence-corrected chi connectivity index (χ4v) is 1.55. The zero-order valence-electron chi connectivity index (χ0n) is 10.9. The van der Waals surface area contributed by atoms with Crippen LogP contribution in [0.3, 0.4) is 0 Å². The van der Waals surface area contributed by atoms with Crippen molar-refractivity contribution in [3.05, 3.63) is 54.1 Å². The summed E-state index contributed by atoms with van der Waals surface area (Å²) in [6, 6.07) is 9.06. The van der Waals surface area contributed by atoms with Gasteiger partial charge in [0.25, 0.3) is 0 Å². The minimum Gasteiger partial charge on any atom is -0.388 e. The van der Waals surface area contributed by atoms with Crippen molar-refractivity contribution >= 4 is 6.08 Å². The zero-order chi connectivity index (χ0) is 14.7. The van der Waals surface area contributed by atoms with Gasteiger partial charge in [0.05, 0.1) is 6.10 Å². The number of rotatable bonds is 4. The van der Waals surface area contributed by atoms with Gasteiger partial charge >= 0.3 is 6.18 Å². The standard InChI is InChI=1S/C15H17F3O/c1-11(15(16,17)18)14(2,3)13(19)10-9-12-7-5-4-6-8-12/h4-10,13,19H,1H2,2-3H3. The number of aliphatic hydroxyl groups is 1. The van der Waals surface area contributed by atoms with Crippen molar-refractivity contribution in [3.8, 4) is 0 Å². The van der Waals surface area contributed by atoms with Gasteiger partial charge < -0.3 is 5.11 Å². The number of hydrogen-bond acceptors (Lipinski definition) is 1. The molecule has 0 aliphatic carbocycles. The summed E-state index contributed by atoms with van der Waals surface area (Å²) in [6.07, 6.45) is -2.82. The molecule has 1 N–H and O–H groups in total. The Bertz CT molecular complexity index is 458. The first-order valence-electron chi connectivity index (χ1n) is 5.83. The monoisotopic (exact) mass is 270 g/mol. The molecule has 0 radical (unpaired) electrons. The van der Waals surface area contributed by atoms with Crippen LogP contribution in [0, 0.1) is 5.41 Å². The van der Waals surface area contributed by atoms with Gasteiger partial charge in [0.1, 0.15) is 0 Å². The molecule has 0 spiro atoms. The molecule has 0 aliphatic heterocycles. The normalized spacial score (nSPS) is 14.6. The largest absolute Gasteiger partial charge is 0.412 e. The summed E-state index contributed by atoms with van der Waals surface area (Å²) < 4.78 is 37.9. The van der Waals surface area contributed by atoms with E-state index in [9.17, 15) is 18.3 Å². The predicted octanol–water partition coefficient (Wildman–Crippen LogP) is 4.21. The van der Waals surface area contributed by atoms with E-state index < -0.39 is 23.3 Å². The maximum absolute atomic E-state index is 12.6. The molecular formula is C15H17F3O. The van der Waals surface area contributed by atoms with Crippen LogP contribution in [0.1, 0.15) is 19.4 Å². The molecule has 19 heavy (non-hydrogen) atoms. The fraction of sp³-hybridized carbons (Fsp3) is 0.333. The number of halogens is 3. The second-order valence-corrected chi connectivity index (χ2v) is 4.91. The Labute approximate surface area is 111 Å². The van der Waals surface area contributed by atoms with Gasteiger partial charge in [0.2, 0.25) is 0 Å². The quantitative estimate of drug-likeness (QED) is 0.813. The van der Waals surface area contributed by atoms with Crippen molar-refractivity contribution in [2.24, 2.45) is 5.41 Å². The van der Waals surface area contributed by atoms with E-state index in [-0.39, 0.29) is 0 Å². The number of hydrogen-bond donors (Lipinski definition) is 1. The Hall–Kier alpha value is -1.55. The van der Waals surface area contributed by atoms with Gasteiger partial charge in [-0.1, -0.05) is 62.9 Å². The SMILES string of the molecule is C=C(C(F)(F)F)C(C)(C)C(O)C=Cc1ccccc1. The number of aliphatic hydroxyl groups excluding tert-OH is 1. The molecule has 0 bridgehead atoms. The molecule has 0 aliphatic rings. The predicted molar refractivity (Wildman–Crippen MR) is 70.5 cm³/mol. The summed E-state index contributed by atoms with van der Waals surface area (Å²) in [5.74, 6) is 0. The molecule has 1 aromatic rings. The molecule has 0 fully saturated rings. The van der Waals surface area contributed by atoms with E-state index >= 15 is 0 Å². The van der Waals surface area contributed by atoms with Crippen molar-refractivity contribution in [2.75, 3.05) is 0 Å². The summed E-state index contributed by atoms with van der Waals surface area (Å²) in [4.78, 5) is 0. The Morgan fingerprint density at radius 3 is 2.21 bits per heavy atom. The Morgan fingerprint density at radius 2 is 1.74 bits per heavy atom. The summed E-state index contributed by atoms with van der Waals surface area (Å²) in [6.45, 7) is 5.70. The molecule has 1 rings (SSSR count). The lowest BCUT2D eigenvalue weighted by molar-refractivity contribution is -0.111. The van der Waals surface area contributed by atoms with Crippen LogP contribution in [0.5, 0.6) is 0 Å². The van der Waals surface area contributed by atoms with E-state index in [1.165, 1.54) is 19.9 Å². The van der Waals surface area contributed by atoms with E-state index in [1.54, 1.807) is 18.2 Å². The highest BCUT2D eigenvalue weighted by atomic mass is 19.4. The molecule has 0 heterocycles. The second kappa shape index (κ2) is 5.61.